The van der Waals surface area contributed by atoms with Crippen LogP contribution in [0, 0.1) is 11.3 Å². The summed E-state index contributed by atoms with van der Waals surface area (Å²) in [5.41, 5.74) is 0.434. The van der Waals surface area contributed by atoms with Gasteiger partial charge in [0.25, 0.3) is 0 Å². The molecule has 0 aliphatic rings. The summed E-state index contributed by atoms with van der Waals surface area (Å²) in [6.45, 7) is 9.19. The third-order valence-electron chi connectivity index (χ3n) is 2.41. The highest BCUT2D eigenvalue weighted by Gasteiger charge is 2.17. The van der Waals surface area contributed by atoms with Crippen LogP contribution in [0.15, 0.2) is 0 Å². The average Bonchev–Trinajstić information content (AvgIpc) is 2.02. The van der Waals surface area contributed by atoms with Gasteiger partial charge in [-0.3, -0.25) is 3.53 Å². The number of rotatable bonds is 7. The highest BCUT2D eigenvalue weighted by Crippen LogP contribution is 2.23. The van der Waals surface area contributed by atoms with Crippen molar-refractivity contribution in [1.29, 1.82) is 0 Å². The molecule has 80 valence electrons. The number of halogens is 1. The first-order valence-electron chi connectivity index (χ1n) is 5.00. The second-order valence-corrected chi connectivity index (χ2v) is 5.44. The van der Waals surface area contributed by atoms with Crippen molar-refractivity contribution in [1.82, 2.24) is 8.85 Å². The van der Waals surface area contributed by atoms with Crippen LogP contribution in [0.2, 0.25) is 0 Å². The molecule has 0 rings (SSSR count). The lowest BCUT2D eigenvalue weighted by molar-refractivity contribution is 0.302. The molecule has 0 fully saturated rings. The monoisotopic (exact) mass is 298 g/mol. The molecule has 0 spiro atoms. The summed E-state index contributed by atoms with van der Waals surface area (Å²) in [5.74, 6) is 0.790. The van der Waals surface area contributed by atoms with E-state index in [1.807, 2.05) is 7.05 Å². The zero-order valence-electron chi connectivity index (χ0n) is 9.28. The van der Waals surface area contributed by atoms with Crippen molar-refractivity contribution in [2.75, 3.05) is 20.1 Å². The highest BCUT2D eigenvalue weighted by molar-refractivity contribution is 14.1. The normalized spacial score (nSPS) is 14.5. The van der Waals surface area contributed by atoms with E-state index in [9.17, 15) is 0 Å². The Morgan fingerprint density at radius 1 is 1.38 bits per heavy atom. The van der Waals surface area contributed by atoms with Crippen molar-refractivity contribution in [2.24, 2.45) is 11.3 Å². The predicted octanol–water partition coefficient (Wildman–Crippen LogP) is 2.59. The molecule has 0 aromatic rings. The van der Waals surface area contributed by atoms with Gasteiger partial charge in [0, 0.05) is 29.4 Å². The van der Waals surface area contributed by atoms with Gasteiger partial charge in [0.2, 0.25) is 0 Å². The van der Waals surface area contributed by atoms with Crippen LogP contribution in [0.25, 0.3) is 0 Å². The lowest BCUT2D eigenvalue weighted by atomic mass is 9.85. The molecule has 2 nitrogen and oxygen atoms in total. The van der Waals surface area contributed by atoms with E-state index in [2.05, 4.69) is 52.5 Å². The van der Waals surface area contributed by atoms with Crippen molar-refractivity contribution >= 4 is 22.9 Å². The van der Waals surface area contributed by atoms with Gasteiger partial charge in [-0.2, -0.15) is 0 Å². The van der Waals surface area contributed by atoms with Crippen molar-refractivity contribution in [2.45, 2.75) is 33.6 Å². The van der Waals surface area contributed by atoms with E-state index in [0.29, 0.717) is 5.41 Å². The molecule has 1 atom stereocenters. The third kappa shape index (κ3) is 7.70. The number of nitrogens with one attached hydrogen (secondary N) is 2. The first-order valence-corrected chi connectivity index (χ1v) is 6.08. The molecule has 0 heterocycles. The van der Waals surface area contributed by atoms with Crippen LogP contribution in [0.3, 0.4) is 0 Å². The quantitative estimate of drug-likeness (QED) is 0.557. The molecule has 0 amide bonds. The molecule has 2 N–H and O–H groups in total. The first-order chi connectivity index (χ1) is 6.02. The topological polar surface area (TPSA) is 24.1 Å². The van der Waals surface area contributed by atoms with Gasteiger partial charge in [-0.15, -0.1) is 0 Å². The highest BCUT2D eigenvalue weighted by atomic mass is 127. The first kappa shape index (κ1) is 13.7. The molecular formula is C10H23IN2. The molecule has 0 radical (unpaired) electrons. The van der Waals surface area contributed by atoms with Crippen LogP contribution in [0.5, 0.6) is 0 Å². The molecule has 1 unspecified atom stereocenters. The van der Waals surface area contributed by atoms with Crippen molar-refractivity contribution in [3.05, 3.63) is 0 Å². The summed E-state index contributed by atoms with van der Waals surface area (Å²) in [5, 5.41) is 3.22. The third-order valence-corrected chi connectivity index (χ3v) is 2.79. The molecule has 0 aromatic carbocycles. The van der Waals surface area contributed by atoms with Crippen LogP contribution in [-0.2, 0) is 0 Å². The molecule has 3 heteroatoms. The molecule has 0 aliphatic heterocycles. The molecule has 0 aromatic heterocycles. The van der Waals surface area contributed by atoms with Crippen LogP contribution in [-0.4, -0.2) is 20.1 Å². The molecule has 0 saturated heterocycles. The van der Waals surface area contributed by atoms with Gasteiger partial charge in [-0.25, -0.2) is 0 Å². The minimum Gasteiger partial charge on any atom is -0.319 e. The minimum atomic E-state index is 0.434. The van der Waals surface area contributed by atoms with E-state index in [0.717, 1.165) is 19.0 Å². The lowest BCUT2D eigenvalue weighted by Gasteiger charge is -2.25. The van der Waals surface area contributed by atoms with Crippen molar-refractivity contribution in [3.8, 4) is 0 Å². The second-order valence-electron chi connectivity index (χ2n) is 4.68. The molecule has 0 bridgehead atoms. The van der Waals surface area contributed by atoms with Gasteiger partial charge in [-0.05, 0) is 37.8 Å². The van der Waals surface area contributed by atoms with Gasteiger partial charge < -0.3 is 5.32 Å². The van der Waals surface area contributed by atoms with E-state index in [1.54, 1.807) is 0 Å². The van der Waals surface area contributed by atoms with Crippen molar-refractivity contribution < 1.29 is 0 Å². The summed E-state index contributed by atoms with van der Waals surface area (Å²) >= 11 is 2.22. The Morgan fingerprint density at radius 2 is 2.00 bits per heavy atom. The predicted molar refractivity (Wildman–Crippen MR) is 68.1 cm³/mol. The van der Waals surface area contributed by atoms with Crippen LogP contribution < -0.4 is 8.85 Å². The van der Waals surface area contributed by atoms with Crippen molar-refractivity contribution in [3.63, 3.8) is 0 Å². The van der Waals surface area contributed by atoms with Gasteiger partial charge in [0.1, 0.15) is 0 Å². The minimum absolute atomic E-state index is 0.434. The Bertz CT molecular complexity index is 126. The van der Waals surface area contributed by atoms with Crippen LogP contribution >= 0.6 is 22.9 Å². The second kappa shape index (κ2) is 7.01. The molecular weight excluding hydrogens is 275 g/mol. The summed E-state index contributed by atoms with van der Waals surface area (Å²) in [4.78, 5) is 0. The SMILES string of the molecule is CNCC(C)CCC(C)(C)CNI. The van der Waals surface area contributed by atoms with Gasteiger partial charge >= 0.3 is 0 Å². The smallest absolute Gasteiger partial charge is 0.0169 e. The fourth-order valence-electron chi connectivity index (χ4n) is 1.36. The summed E-state index contributed by atoms with van der Waals surface area (Å²) in [6, 6.07) is 0. The molecule has 0 saturated carbocycles. The number of hydrogen-bond donors (Lipinski definition) is 2. The fourth-order valence-corrected chi connectivity index (χ4v) is 2.39. The maximum absolute atomic E-state index is 3.22. The Kier molecular flexibility index (Phi) is 7.36. The standard InChI is InChI=1S/C10H23IN2/c1-9(7-12-4)5-6-10(2,3)8-13-11/h9,12-13H,5-8H2,1-4H3. The molecule has 0 aliphatic carbocycles. The molecule has 13 heavy (non-hydrogen) atoms. The zero-order chi connectivity index (χ0) is 10.3. The Labute approximate surface area is 96.7 Å². The van der Waals surface area contributed by atoms with Crippen LogP contribution in [0.1, 0.15) is 33.6 Å². The fraction of sp³-hybridized carbons (Fsp3) is 1.00. The Hall–Kier alpha value is 0.650. The van der Waals surface area contributed by atoms with Crippen LogP contribution in [0.4, 0.5) is 0 Å². The largest absolute Gasteiger partial charge is 0.319 e. The maximum Gasteiger partial charge on any atom is 0.0169 e. The van der Waals surface area contributed by atoms with E-state index in [-0.39, 0.29) is 0 Å². The summed E-state index contributed by atoms with van der Waals surface area (Å²) in [6.07, 6.45) is 2.61. The average molecular weight is 298 g/mol. The number of hydrogen-bond acceptors (Lipinski definition) is 2. The van der Waals surface area contributed by atoms with Gasteiger partial charge in [-0.1, -0.05) is 20.8 Å². The maximum atomic E-state index is 3.22. The zero-order valence-corrected chi connectivity index (χ0v) is 11.4. The van der Waals surface area contributed by atoms with Gasteiger partial charge in [0.05, 0.1) is 0 Å². The lowest BCUT2D eigenvalue weighted by Crippen LogP contribution is -2.25. The summed E-state index contributed by atoms with van der Waals surface area (Å²) in [7, 11) is 2.02. The van der Waals surface area contributed by atoms with E-state index >= 15 is 0 Å². The Balaban J connectivity index is 3.60. The van der Waals surface area contributed by atoms with E-state index < -0.39 is 0 Å². The van der Waals surface area contributed by atoms with E-state index in [4.69, 9.17) is 0 Å². The van der Waals surface area contributed by atoms with E-state index in [1.165, 1.54) is 12.8 Å². The Morgan fingerprint density at radius 3 is 2.46 bits per heavy atom. The summed E-state index contributed by atoms with van der Waals surface area (Å²) < 4.78 is 3.22. The van der Waals surface area contributed by atoms with Gasteiger partial charge in [0.15, 0.2) is 0 Å².